The van der Waals surface area contributed by atoms with E-state index in [1.807, 2.05) is 0 Å². The first-order valence-corrected chi connectivity index (χ1v) is 9.26. The molecule has 0 saturated carbocycles. The minimum Gasteiger partial charge on any atom is -0.378 e. The molecule has 2 heterocycles. The summed E-state index contributed by atoms with van der Waals surface area (Å²) in [5, 5.41) is 23.4. The summed E-state index contributed by atoms with van der Waals surface area (Å²) >= 11 is 0. The second-order valence-corrected chi connectivity index (χ2v) is 7.53. The predicted octanol–water partition coefficient (Wildman–Crippen LogP) is 3.70. The molecule has 3 rings (SSSR count). The summed E-state index contributed by atoms with van der Waals surface area (Å²) in [5.41, 5.74) is -3.64. The maximum atomic E-state index is 13.2. The highest BCUT2D eigenvalue weighted by atomic mass is 19.4. The van der Waals surface area contributed by atoms with Crippen molar-refractivity contribution in [1.29, 1.82) is 0 Å². The number of nitrogens with zero attached hydrogens (tertiary/aromatic N) is 3. The molecule has 2 aromatic rings. The molecule has 0 bridgehead atoms. The molecule has 1 aromatic heterocycles. The van der Waals surface area contributed by atoms with E-state index in [4.69, 9.17) is 0 Å². The van der Waals surface area contributed by atoms with Crippen molar-refractivity contribution in [3.8, 4) is 5.69 Å². The highest BCUT2D eigenvalue weighted by Gasteiger charge is 2.56. The van der Waals surface area contributed by atoms with Crippen LogP contribution in [0.2, 0.25) is 0 Å². The zero-order chi connectivity index (χ0) is 22.3. The summed E-state index contributed by atoms with van der Waals surface area (Å²) < 4.78 is 79.8. The molecule has 0 spiro atoms. The van der Waals surface area contributed by atoms with Gasteiger partial charge in [0, 0.05) is 24.7 Å². The lowest BCUT2D eigenvalue weighted by molar-refractivity contribution is -0.305. The summed E-state index contributed by atoms with van der Waals surface area (Å²) in [4.78, 5) is 1.08. The Kier molecular flexibility index (Phi) is 5.91. The minimum absolute atomic E-state index is 0.0284. The lowest BCUT2D eigenvalue weighted by Crippen LogP contribution is -2.60. The molecular formula is C19H21F6N3O2. The molecule has 1 saturated heterocycles. The van der Waals surface area contributed by atoms with E-state index in [0.717, 1.165) is 11.0 Å². The number of rotatable bonds is 4. The van der Waals surface area contributed by atoms with Crippen LogP contribution in [0.25, 0.3) is 5.69 Å². The third-order valence-electron chi connectivity index (χ3n) is 5.40. The van der Waals surface area contributed by atoms with Crippen molar-refractivity contribution in [2.24, 2.45) is 0 Å². The molecule has 1 aliphatic rings. The van der Waals surface area contributed by atoms with E-state index >= 15 is 0 Å². The molecule has 0 amide bonds. The number of aliphatic hydroxyl groups excluding tert-OH is 1. The fraction of sp³-hybridized carbons (Fsp3) is 0.526. The van der Waals surface area contributed by atoms with Gasteiger partial charge in [-0.15, -0.1) is 0 Å². The van der Waals surface area contributed by atoms with Crippen LogP contribution in [-0.4, -0.2) is 56.0 Å². The average molecular weight is 437 g/mol. The molecule has 1 aliphatic heterocycles. The van der Waals surface area contributed by atoms with Crippen molar-refractivity contribution in [3.05, 3.63) is 47.8 Å². The zero-order valence-corrected chi connectivity index (χ0v) is 16.0. The SMILES string of the molecule is CC(O)(C(O)N1CCC(c2cc(C(F)(F)F)nn2-c2ccccc2)CC1)C(F)(F)F. The summed E-state index contributed by atoms with van der Waals surface area (Å²) in [6, 6.07) is 9.20. The molecule has 1 aromatic carbocycles. The van der Waals surface area contributed by atoms with Gasteiger partial charge < -0.3 is 10.2 Å². The quantitative estimate of drug-likeness (QED) is 0.717. The van der Waals surface area contributed by atoms with Crippen LogP contribution in [0.15, 0.2) is 36.4 Å². The first-order chi connectivity index (χ1) is 13.8. The van der Waals surface area contributed by atoms with E-state index in [1.54, 1.807) is 30.3 Å². The number of alkyl halides is 6. The van der Waals surface area contributed by atoms with Gasteiger partial charge in [0.25, 0.3) is 0 Å². The van der Waals surface area contributed by atoms with E-state index in [2.05, 4.69) is 5.10 Å². The van der Waals surface area contributed by atoms with E-state index in [1.165, 1.54) is 4.68 Å². The van der Waals surface area contributed by atoms with Crippen molar-refractivity contribution in [2.45, 2.75) is 49.9 Å². The molecule has 30 heavy (non-hydrogen) atoms. The molecule has 2 atom stereocenters. The number of benzene rings is 1. The lowest BCUT2D eigenvalue weighted by atomic mass is 9.91. The van der Waals surface area contributed by atoms with Crippen molar-refractivity contribution in [2.75, 3.05) is 13.1 Å². The molecule has 11 heteroatoms. The number of aromatic nitrogens is 2. The standard InChI is InChI=1S/C19H21F6N3O2/c1-17(30,19(23,24)25)16(29)27-9-7-12(8-10-27)14-11-15(18(20,21)22)26-28(14)13-5-3-2-4-6-13/h2-6,11-12,16,29-30H,7-10H2,1H3. The average Bonchev–Trinajstić information content (AvgIpc) is 3.13. The fourth-order valence-corrected chi connectivity index (χ4v) is 3.54. The Morgan fingerprint density at radius 3 is 2.10 bits per heavy atom. The Bertz CT molecular complexity index is 855. The van der Waals surface area contributed by atoms with Gasteiger partial charge in [-0.3, -0.25) is 4.90 Å². The molecule has 166 valence electrons. The third-order valence-corrected chi connectivity index (χ3v) is 5.40. The number of halogens is 6. The summed E-state index contributed by atoms with van der Waals surface area (Å²) in [6.07, 6.45) is -11.5. The lowest BCUT2D eigenvalue weighted by Gasteiger charge is -2.41. The molecule has 2 unspecified atom stereocenters. The molecule has 0 aliphatic carbocycles. The van der Waals surface area contributed by atoms with Gasteiger partial charge in [0.15, 0.2) is 11.3 Å². The summed E-state index contributed by atoms with van der Waals surface area (Å²) in [7, 11) is 0. The fourth-order valence-electron chi connectivity index (χ4n) is 3.54. The first kappa shape index (κ1) is 22.6. The molecule has 2 N–H and O–H groups in total. The summed E-state index contributed by atoms with van der Waals surface area (Å²) in [6.45, 7) is 0.433. The first-order valence-electron chi connectivity index (χ1n) is 9.26. The van der Waals surface area contributed by atoms with E-state index in [9.17, 15) is 36.6 Å². The topological polar surface area (TPSA) is 61.5 Å². The third kappa shape index (κ3) is 4.33. The molecular weight excluding hydrogens is 416 g/mol. The normalized spacial score (nSPS) is 20.2. The zero-order valence-electron chi connectivity index (χ0n) is 16.0. The number of hydrogen-bond donors (Lipinski definition) is 2. The highest BCUT2D eigenvalue weighted by Crippen LogP contribution is 2.38. The maximum Gasteiger partial charge on any atom is 0.435 e. The number of piperidine rings is 1. The number of aliphatic hydroxyl groups is 2. The van der Waals surface area contributed by atoms with Crippen LogP contribution in [0.5, 0.6) is 0 Å². The van der Waals surface area contributed by atoms with Gasteiger partial charge in [-0.25, -0.2) is 4.68 Å². The Balaban J connectivity index is 1.83. The van der Waals surface area contributed by atoms with Crippen molar-refractivity contribution < 1.29 is 36.6 Å². The van der Waals surface area contributed by atoms with Gasteiger partial charge >= 0.3 is 12.4 Å². The van der Waals surface area contributed by atoms with Crippen molar-refractivity contribution in [1.82, 2.24) is 14.7 Å². The van der Waals surface area contributed by atoms with Gasteiger partial charge in [-0.1, -0.05) is 18.2 Å². The van der Waals surface area contributed by atoms with Gasteiger partial charge in [0.05, 0.1) is 5.69 Å². The van der Waals surface area contributed by atoms with Gasteiger partial charge in [-0.2, -0.15) is 31.4 Å². The Hall–Kier alpha value is -2.11. The van der Waals surface area contributed by atoms with E-state index < -0.39 is 35.8 Å². The minimum atomic E-state index is -5.03. The largest absolute Gasteiger partial charge is 0.435 e. The van der Waals surface area contributed by atoms with E-state index in [-0.39, 0.29) is 25.9 Å². The second-order valence-electron chi connectivity index (χ2n) is 7.53. The van der Waals surface area contributed by atoms with E-state index in [0.29, 0.717) is 18.3 Å². The van der Waals surface area contributed by atoms with Crippen LogP contribution in [-0.2, 0) is 6.18 Å². The Morgan fingerprint density at radius 1 is 1.03 bits per heavy atom. The number of hydrogen-bond acceptors (Lipinski definition) is 4. The van der Waals surface area contributed by atoms with Crippen LogP contribution in [0.1, 0.15) is 37.1 Å². The highest BCUT2D eigenvalue weighted by molar-refractivity contribution is 5.35. The number of likely N-dealkylation sites (tertiary alicyclic amines) is 1. The van der Waals surface area contributed by atoms with Crippen molar-refractivity contribution in [3.63, 3.8) is 0 Å². The van der Waals surface area contributed by atoms with Gasteiger partial charge in [0.1, 0.15) is 6.23 Å². The Morgan fingerprint density at radius 2 is 1.60 bits per heavy atom. The van der Waals surface area contributed by atoms with Gasteiger partial charge in [-0.05, 0) is 38.0 Å². The molecule has 5 nitrogen and oxygen atoms in total. The monoisotopic (exact) mass is 437 g/mol. The second kappa shape index (κ2) is 7.86. The Labute approximate surface area is 168 Å². The van der Waals surface area contributed by atoms with Gasteiger partial charge in [0.2, 0.25) is 0 Å². The number of para-hydroxylation sites is 1. The van der Waals surface area contributed by atoms with Crippen LogP contribution in [0.3, 0.4) is 0 Å². The predicted molar refractivity (Wildman–Crippen MR) is 94.8 cm³/mol. The van der Waals surface area contributed by atoms with Crippen LogP contribution < -0.4 is 0 Å². The molecule has 1 fully saturated rings. The maximum absolute atomic E-state index is 13.2. The smallest absolute Gasteiger partial charge is 0.378 e. The molecule has 0 radical (unpaired) electrons. The van der Waals surface area contributed by atoms with Crippen LogP contribution >= 0.6 is 0 Å². The van der Waals surface area contributed by atoms with Crippen LogP contribution in [0.4, 0.5) is 26.3 Å². The summed E-state index contributed by atoms with van der Waals surface area (Å²) in [5.74, 6) is -0.409. The van der Waals surface area contributed by atoms with Crippen LogP contribution in [0, 0.1) is 0 Å². The van der Waals surface area contributed by atoms with Crippen molar-refractivity contribution >= 4 is 0 Å².